The molecule has 0 bridgehead atoms. The number of ether oxygens (including phenoxy) is 2. The summed E-state index contributed by atoms with van der Waals surface area (Å²) in [6.07, 6.45) is 1.62. The lowest BCUT2D eigenvalue weighted by Gasteiger charge is -2.22. The Labute approximate surface area is 170 Å². The van der Waals surface area contributed by atoms with Crippen molar-refractivity contribution >= 4 is 38.9 Å². The minimum absolute atomic E-state index is 0.132. The van der Waals surface area contributed by atoms with E-state index < -0.39 is 10.0 Å². The summed E-state index contributed by atoms with van der Waals surface area (Å²) in [5.74, 6) is 0.537. The highest BCUT2D eigenvalue weighted by molar-refractivity contribution is 7.92. The fourth-order valence-electron chi connectivity index (χ4n) is 2.63. The summed E-state index contributed by atoms with van der Waals surface area (Å²) in [6, 6.07) is 11.9. The number of methoxy groups -OCH3 is 2. The lowest BCUT2D eigenvalue weighted by Crippen LogP contribution is -2.31. The SMILES string of the molecule is COc1cc(NC(=O)CCCN(c2ccccc2)S(C)(=O)=O)c(OC)cc1Cl. The normalized spacial score (nSPS) is 11.0. The molecule has 0 fully saturated rings. The molecule has 0 heterocycles. The van der Waals surface area contributed by atoms with Crippen molar-refractivity contribution in [2.45, 2.75) is 12.8 Å². The predicted molar refractivity (Wildman–Crippen MR) is 111 cm³/mol. The molecule has 1 amide bonds. The van der Waals surface area contributed by atoms with E-state index in [9.17, 15) is 13.2 Å². The largest absolute Gasteiger partial charge is 0.495 e. The molecule has 0 aliphatic heterocycles. The smallest absolute Gasteiger partial charge is 0.232 e. The second-order valence-electron chi connectivity index (χ2n) is 6.01. The van der Waals surface area contributed by atoms with Gasteiger partial charge < -0.3 is 14.8 Å². The second kappa shape index (κ2) is 9.66. The summed E-state index contributed by atoms with van der Waals surface area (Å²) in [6.45, 7) is 0.192. The number of para-hydroxylation sites is 1. The molecule has 2 aromatic rings. The summed E-state index contributed by atoms with van der Waals surface area (Å²) in [5, 5.41) is 3.11. The topological polar surface area (TPSA) is 84.9 Å². The summed E-state index contributed by atoms with van der Waals surface area (Å²) >= 11 is 6.06. The standard InChI is InChI=1S/C19H23ClN2O5S/c1-26-17-13-16(18(27-2)12-15(17)20)21-19(23)10-7-11-22(28(3,24)25)14-8-5-4-6-9-14/h4-6,8-9,12-13H,7,10-11H2,1-3H3,(H,21,23). The molecule has 0 saturated heterocycles. The number of anilines is 2. The third-order valence-electron chi connectivity index (χ3n) is 3.96. The maximum atomic E-state index is 12.3. The first kappa shape index (κ1) is 21.8. The maximum absolute atomic E-state index is 12.3. The average molecular weight is 427 g/mol. The van der Waals surface area contributed by atoms with Gasteiger partial charge in [-0.3, -0.25) is 9.10 Å². The van der Waals surface area contributed by atoms with Gasteiger partial charge in [0.05, 0.1) is 36.9 Å². The van der Waals surface area contributed by atoms with E-state index >= 15 is 0 Å². The van der Waals surface area contributed by atoms with Crippen molar-refractivity contribution in [2.75, 3.05) is 36.6 Å². The molecular formula is C19H23ClN2O5S. The first-order valence-electron chi connectivity index (χ1n) is 8.50. The van der Waals surface area contributed by atoms with Crippen molar-refractivity contribution in [3.05, 3.63) is 47.5 Å². The Balaban J connectivity index is 2.02. The van der Waals surface area contributed by atoms with Gasteiger partial charge in [0.15, 0.2) is 0 Å². The number of sulfonamides is 1. The number of nitrogens with one attached hydrogen (secondary N) is 1. The molecule has 0 aromatic heterocycles. The third kappa shape index (κ3) is 5.77. The lowest BCUT2D eigenvalue weighted by atomic mass is 10.2. The molecule has 7 nitrogen and oxygen atoms in total. The summed E-state index contributed by atoms with van der Waals surface area (Å²) in [5.41, 5.74) is 0.992. The molecule has 2 aromatic carbocycles. The molecular weight excluding hydrogens is 404 g/mol. The van der Waals surface area contributed by atoms with Crippen LogP contribution in [0.25, 0.3) is 0 Å². The molecule has 0 radical (unpaired) electrons. The van der Waals surface area contributed by atoms with Crippen molar-refractivity contribution in [3.8, 4) is 11.5 Å². The number of carbonyl (C=O) groups excluding carboxylic acids is 1. The molecule has 28 heavy (non-hydrogen) atoms. The van der Waals surface area contributed by atoms with Gasteiger partial charge in [-0.2, -0.15) is 0 Å². The Hall–Kier alpha value is -2.45. The van der Waals surface area contributed by atoms with Crippen LogP contribution >= 0.6 is 11.6 Å². The van der Waals surface area contributed by atoms with E-state index in [1.165, 1.54) is 18.5 Å². The summed E-state index contributed by atoms with van der Waals surface area (Å²) < 4.78 is 35.8. The number of hydrogen-bond donors (Lipinski definition) is 1. The van der Waals surface area contributed by atoms with Crippen molar-refractivity contribution < 1.29 is 22.7 Å². The number of amides is 1. The van der Waals surface area contributed by atoms with Crippen LogP contribution in [0.2, 0.25) is 5.02 Å². The Morgan fingerprint density at radius 3 is 2.32 bits per heavy atom. The Morgan fingerprint density at radius 2 is 1.75 bits per heavy atom. The molecule has 1 N–H and O–H groups in total. The first-order valence-corrected chi connectivity index (χ1v) is 10.7. The minimum Gasteiger partial charge on any atom is -0.495 e. The van der Waals surface area contributed by atoms with Crippen molar-refractivity contribution in [3.63, 3.8) is 0 Å². The van der Waals surface area contributed by atoms with Crippen LogP contribution in [0.1, 0.15) is 12.8 Å². The fourth-order valence-corrected chi connectivity index (χ4v) is 3.83. The molecule has 0 aliphatic rings. The van der Waals surface area contributed by atoms with Crippen LogP contribution in [0.5, 0.6) is 11.5 Å². The number of benzene rings is 2. The van der Waals surface area contributed by atoms with Gasteiger partial charge in [0.25, 0.3) is 0 Å². The monoisotopic (exact) mass is 426 g/mol. The van der Waals surface area contributed by atoms with Crippen LogP contribution in [0, 0.1) is 0 Å². The number of carbonyl (C=O) groups is 1. The van der Waals surface area contributed by atoms with E-state index in [-0.39, 0.29) is 18.9 Å². The quantitative estimate of drug-likeness (QED) is 0.662. The molecule has 0 saturated carbocycles. The van der Waals surface area contributed by atoms with Crippen LogP contribution in [0.3, 0.4) is 0 Å². The van der Waals surface area contributed by atoms with Gasteiger partial charge in [-0.05, 0) is 18.6 Å². The van der Waals surface area contributed by atoms with Gasteiger partial charge >= 0.3 is 0 Å². The van der Waals surface area contributed by atoms with Gasteiger partial charge in [-0.1, -0.05) is 29.8 Å². The van der Waals surface area contributed by atoms with Crippen molar-refractivity contribution in [1.82, 2.24) is 0 Å². The van der Waals surface area contributed by atoms with Crippen LogP contribution in [-0.2, 0) is 14.8 Å². The molecule has 0 unspecified atom stereocenters. The van der Waals surface area contributed by atoms with Crippen molar-refractivity contribution in [2.24, 2.45) is 0 Å². The Kier molecular flexibility index (Phi) is 7.53. The van der Waals surface area contributed by atoms with Gasteiger partial charge in [0.1, 0.15) is 11.5 Å². The predicted octanol–water partition coefficient (Wildman–Crippen LogP) is 3.54. The number of halogens is 1. The summed E-state index contributed by atoms with van der Waals surface area (Å²) in [4.78, 5) is 12.3. The second-order valence-corrected chi connectivity index (χ2v) is 8.32. The Morgan fingerprint density at radius 1 is 1.11 bits per heavy atom. The number of nitrogens with zero attached hydrogens (tertiary/aromatic N) is 1. The van der Waals surface area contributed by atoms with Crippen LogP contribution in [0.15, 0.2) is 42.5 Å². The minimum atomic E-state index is -3.45. The van der Waals surface area contributed by atoms with Gasteiger partial charge in [0, 0.05) is 25.1 Å². The molecule has 152 valence electrons. The molecule has 0 aliphatic carbocycles. The van der Waals surface area contributed by atoms with E-state index in [2.05, 4.69) is 5.32 Å². The molecule has 9 heteroatoms. The van der Waals surface area contributed by atoms with Gasteiger partial charge in [0.2, 0.25) is 15.9 Å². The zero-order valence-electron chi connectivity index (χ0n) is 15.9. The first-order chi connectivity index (χ1) is 13.3. The number of rotatable bonds is 9. The van der Waals surface area contributed by atoms with Crippen molar-refractivity contribution in [1.29, 1.82) is 0 Å². The molecule has 2 rings (SSSR count). The van der Waals surface area contributed by atoms with E-state index in [1.54, 1.807) is 36.4 Å². The zero-order valence-corrected chi connectivity index (χ0v) is 17.5. The highest BCUT2D eigenvalue weighted by atomic mass is 35.5. The maximum Gasteiger partial charge on any atom is 0.232 e. The molecule has 0 spiro atoms. The summed E-state index contributed by atoms with van der Waals surface area (Å²) in [7, 11) is -0.504. The molecule has 0 atom stereocenters. The third-order valence-corrected chi connectivity index (χ3v) is 5.45. The van der Waals surface area contributed by atoms with Gasteiger partial charge in [-0.25, -0.2) is 8.42 Å². The zero-order chi connectivity index (χ0) is 20.7. The highest BCUT2D eigenvalue weighted by Gasteiger charge is 2.18. The van der Waals surface area contributed by atoms with E-state index in [0.29, 0.717) is 34.3 Å². The number of hydrogen-bond acceptors (Lipinski definition) is 5. The van der Waals surface area contributed by atoms with E-state index in [0.717, 1.165) is 6.26 Å². The van der Waals surface area contributed by atoms with Crippen LogP contribution < -0.4 is 19.1 Å². The van der Waals surface area contributed by atoms with Crippen LogP contribution in [-0.4, -0.2) is 41.3 Å². The van der Waals surface area contributed by atoms with E-state index in [1.807, 2.05) is 6.07 Å². The highest BCUT2D eigenvalue weighted by Crippen LogP contribution is 2.35. The van der Waals surface area contributed by atoms with Crippen LogP contribution in [0.4, 0.5) is 11.4 Å². The fraction of sp³-hybridized carbons (Fsp3) is 0.316. The lowest BCUT2D eigenvalue weighted by molar-refractivity contribution is -0.116. The van der Waals surface area contributed by atoms with Gasteiger partial charge in [-0.15, -0.1) is 0 Å². The van der Waals surface area contributed by atoms with E-state index in [4.69, 9.17) is 21.1 Å². The Bertz CT molecular complexity index is 919. The average Bonchev–Trinajstić information content (AvgIpc) is 2.66.